The molecule has 0 aromatic heterocycles. The SMILES string of the molecule is CCCN1C(=O)C2SC(=[N+]3CCCC3)N=C2N(CC(=O)NCc2ccc(OC)cc2)C1=O. The first-order valence-electron chi connectivity index (χ1n) is 10.9. The minimum atomic E-state index is -0.579. The topological polar surface area (TPSA) is 94.3 Å². The number of aliphatic imine (C=N–C) groups is 1. The predicted molar refractivity (Wildman–Crippen MR) is 122 cm³/mol. The van der Waals surface area contributed by atoms with Gasteiger partial charge in [-0.2, -0.15) is 0 Å². The van der Waals surface area contributed by atoms with Crippen LogP contribution >= 0.6 is 11.8 Å². The molecule has 0 saturated carbocycles. The standard InChI is InChI=1S/C22H27N5O4S/c1-3-10-26-20(29)18-19(24-21(32-18)25-11-4-5-12-25)27(22(26)30)14-17(28)23-13-15-6-8-16(31-2)9-7-15/h6-9,18H,3-5,10-14H2,1-2H3/p+1. The van der Waals surface area contributed by atoms with Gasteiger partial charge in [0, 0.05) is 13.1 Å². The minimum absolute atomic E-state index is 0.175. The van der Waals surface area contributed by atoms with E-state index in [1.807, 2.05) is 31.2 Å². The molecule has 1 N–H and O–H groups in total. The van der Waals surface area contributed by atoms with Crippen LogP contribution in [0.4, 0.5) is 4.79 Å². The van der Waals surface area contributed by atoms with Crippen LogP contribution in [-0.4, -0.2) is 81.8 Å². The molecule has 32 heavy (non-hydrogen) atoms. The molecule has 4 amide bonds. The van der Waals surface area contributed by atoms with Gasteiger partial charge < -0.3 is 10.1 Å². The highest BCUT2D eigenvalue weighted by atomic mass is 32.2. The Bertz CT molecular complexity index is 967. The van der Waals surface area contributed by atoms with Crippen molar-refractivity contribution in [2.75, 3.05) is 33.3 Å². The number of amides is 4. The summed E-state index contributed by atoms with van der Waals surface area (Å²) in [6.45, 7) is 4.19. The molecule has 0 aliphatic carbocycles. The van der Waals surface area contributed by atoms with Gasteiger partial charge in [-0.3, -0.25) is 19.1 Å². The molecule has 1 aromatic carbocycles. The molecule has 1 aromatic rings. The summed E-state index contributed by atoms with van der Waals surface area (Å²) in [5, 5.41) is 3.04. The van der Waals surface area contributed by atoms with Crippen molar-refractivity contribution in [3.8, 4) is 5.75 Å². The van der Waals surface area contributed by atoms with Gasteiger partial charge in [0.05, 0.1) is 20.2 Å². The smallest absolute Gasteiger partial charge is 0.357 e. The number of nitrogens with one attached hydrogen (secondary N) is 1. The van der Waals surface area contributed by atoms with E-state index in [-0.39, 0.29) is 18.4 Å². The summed E-state index contributed by atoms with van der Waals surface area (Å²) in [5.74, 6) is 0.567. The van der Waals surface area contributed by atoms with E-state index in [0.717, 1.165) is 42.4 Å². The van der Waals surface area contributed by atoms with Crippen LogP contribution in [0.25, 0.3) is 0 Å². The summed E-state index contributed by atoms with van der Waals surface area (Å²) < 4.78 is 7.30. The van der Waals surface area contributed by atoms with Crippen LogP contribution in [0.1, 0.15) is 31.7 Å². The molecule has 3 aliphatic heterocycles. The number of ether oxygens (including phenoxy) is 1. The van der Waals surface area contributed by atoms with Crippen LogP contribution in [0.3, 0.4) is 0 Å². The van der Waals surface area contributed by atoms with Gasteiger partial charge >= 0.3 is 11.2 Å². The van der Waals surface area contributed by atoms with Crippen molar-refractivity contribution in [3.05, 3.63) is 29.8 Å². The Labute approximate surface area is 191 Å². The Balaban J connectivity index is 1.50. The van der Waals surface area contributed by atoms with Crippen LogP contribution in [0.5, 0.6) is 5.75 Å². The van der Waals surface area contributed by atoms with Crippen molar-refractivity contribution >= 4 is 40.6 Å². The Hall–Kier alpha value is -2.88. The third-order valence-electron chi connectivity index (χ3n) is 5.67. The number of carbonyl (C=O) groups is 3. The lowest BCUT2D eigenvalue weighted by atomic mass is 10.2. The van der Waals surface area contributed by atoms with Crippen molar-refractivity contribution in [2.24, 2.45) is 4.99 Å². The summed E-state index contributed by atoms with van der Waals surface area (Å²) in [4.78, 5) is 46.1. The summed E-state index contributed by atoms with van der Waals surface area (Å²) in [6, 6.07) is 6.92. The second kappa shape index (κ2) is 9.72. The molecule has 3 aliphatic rings. The maximum atomic E-state index is 13.1. The number of urea groups is 1. The summed E-state index contributed by atoms with van der Waals surface area (Å²) in [7, 11) is 1.60. The second-order valence-corrected chi connectivity index (χ2v) is 9.00. The number of carbonyl (C=O) groups excluding carboxylic acids is 3. The van der Waals surface area contributed by atoms with E-state index in [9.17, 15) is 14.4 Å². The fraction of sp³-hybridized carbons (Fsp3) is 0.500. The zero-order valence-corrected chi connectivity index (χ0v) is 19.2. The van der Waals surface area contributed by atoms with Crippen LogP contribution < -0.4 is 10.1 Å². The van der Waals surface area contributed by atoms with Gasteiger partial charge in [0.25, 0.3) is 11.7 Å². The largest absolute Gasteiger partial charge is 0.497 e. The number of imide groups is 1. The van der Waals surface area contributed by atoms with Gasteiger partial charge in [-0.25, -0.2) is 9.69 Å². The van der Waals surface area contributed by atoms with Crippen LogP contribution in [-0.2, 0) is 16.1 Å². The first-order chi connectivity index (χ1) is 15.5. The summed E-state index contributed by atoms with van der Waals surface area (Å²) in [6.07, 6.45) is 2.83. The monoisotopic (exact) mass is 458 g/mol. The Morgan fingerprint density at radius 1 is 1.22 bits per heavy atom. The van der Waals surface area contributed by atoms with Crippen molar-refractivity contribution in [3.63, 3.8) is 0 Å². The van der Waals surface area contributed by atoms with E-state index in [2.05, 4.69) is 14.9 Å². The first kappa shape index (κ1) is 22.3. The quantitative estimate of drug-likeness (QED) is 0.627. The molecular formula is C22H28N5O4S+. The number of amidine groups is 2. The number of benzene rings is 1. The second-order valence-electron chi connectivity index (χ2n) is 7.93. The lowest BCUT2D eigenvalue weighted by Gasteiger charge is -2.34. The number of fused-ring (bicyclic) bond motifs is 1. The van der Waals surface area contributed by atoms with Gasteiger partial charge in [0.2, 0.25) is 5.91 Å². The van der Waals surface area contributed by atoms with Crippen LogP contribution in [0.15, 0.2) is 29.3 Å². The Kier molecular flexibility index (Phi) is 6.78. The highest BCUT2D eigenvalue weighted by Gasteiger charge is 2.53. The molecule has 2 fully saturated rings. The van der Waals surface area contributed by atoms with E-state index >= 15 is 0 Å². The minimum Gasteiger partial charge on any atom is -0.497 e. The number of hydrogen-bond acceptors (Lipinski definition) is 5. The predicted octanol–water partition coefficient (Wildman–Crippen LogP) is 1.66. The highest BCUT2D eigenvalue weighted by molar-refractivity contribution is 8.15. The molecule has 0 radical (unpaired) electrons. The normalized spacial score (nSPS) is 20.6. The van der Waals surface area contributed by atoms with E-state index < -0.39 is 11.3 Å². The molecule has 1 unspecified atom stereocenters. The number of thioether (sulfide) groups is 1. The molecule has 170 valence electrons. The third kappa shape index (κ3) is 4.50. The van der Waals surface area contributed by atoms with Gasteiger partial charge in [-0.05, 0) is 53.7 Å². The number of rotatable bonds is 7. The maximum Gasteiger partial charge on any atom is 0.357 e. The van der Waals surface area contributed by atoms with Gasteiger partial charge in [0.15, 0.2) is 5.25 Å². The zero-order valence-electron chi connectivity index (χ0n) is 18.4. The molecule has 0 spiro atoms. The lowest BCUT2D eigenvalue weighted by molar-refractivity contribution is -0.503. The maximum absolute atomic E-state index is 13.1. The molecule has 9 nitrogen and oxygen atoms in total. The molecule has 2 saturated heterocycles. The average Bonchev–Trinajstić information content (AvgIpc) is 3.49. The van der Waals surface area contributed by atoms with Gasteiger partial charge in [-0.15, -0.1) is 0 Å². The molecule has 10 heteroatoms. The molecule has 1 atom stereocenters. The van der Waals surface area contributed by atoms with Crippen LogP contribution in [0.2, 0.25) is 0 Å². The number of hydrogen-bond donors (Lipinski definition) is 1. The van der Waals surface area contributed by atoms with Crippen molar-refractivity contribution < 1.29 is 23.7 Å². The first-order valence-corrected chi connectivity index (χ1v) is 11.8. The zero-order chi connectivity index (χ0) is 22.7. The van der Waals surface area contributed by atoms with E-state index in [0.29, 0.717) is 25.3 Å². The van der Waals surface area contributed by atoms with E-state index in [1.54, 1.807) is 7.11 Å². The van der Waals surface area contributed by atoms with Gasteiger partial charge in [-0.1, -0.05) is 19.1 Å². The lowest BCUT2D eigenvalue weighted by Crippen LogP contribution is -2.61. The van der Waals surface area contributed by atoms with E-state index in [4.69, 9.17) is 4.74 Å². The van der Waals surface area contributed by atoms with Crippen LogP contribution in [0, 0.1) is 0 Å². The Morgan fingerprint density at radius 3 is 2.59 bits per heavy atom. The fourth-order valence-electron chi connectivity index (χ4n) is 3.96. The average molecular weight is 459 g/mol. The number of methoxy groups -OCH3 is 1. The summed E-state index contributed by atoms with van der Waals surface area (Å²) in [5.41, 5.74) is 0.920. The number of nitrogens with zero attached hydrogens (tertiary/aromatic N) is 4. The third-order valence-corrected chi connectivity index (χ3v) is 6.88. The van der Waals surface area contributed by atoms with Crippen molar-refractivity contribution in [1.82, 2.24) is 15.1 Å². The van der Waals surface area contributed by atoms with Gasteiger partial charge in [0.1, 0.15) is 12.3 Å². The summed E-state index contributed by atoms with van der Waals surface area (Å²) >= 11 is 1.39. The van der Waals surface area contributed by atoms with E-state index in [1.165, 1.54) is 21.6 Å². The molecule has 0 bridgehead atoms. The fourth-order valence-corrected chi connectivity index (χ4v) is 5.16. The molecule has 3 heterocycles. The Morgan fingerprint density at radius 2 is 1.94 bits per heavy atom. The van der Waals surface area contributed by atoms with Crippen molar-refractivity contribution in [2.45, 2.75) is 38.0 Å². The highest BCUT2D eigenvalue weighted by Crippen LogP contribution is 2.32. The molecule has 4 rings (SSSR count). The van der Waals surface area contributed by atoms with Crippen molar-refractivity contribution in [1.29, 1.82) is 0 Å². The molecular weight excluding hydrogens is 430 g/mol.